The van der Waals surface area contributed by atoms with Crippen LogP contribution in [-0.2, 0) is 0 Å². The molecule has 0 aliphatic carbocycles. The first kappa shape index (κ1) is 17.5. The zero-order valence-electron chi connectivity index (χ0n) is 12.8. The highest BCUT2D eigenvalue weighted by Gasteiger charge is 2.12. The van der Waals surface area contributed by atoms with Gasteiger partial charge in [-0.05, 0) is 32.3 Å². The first-order valence-corrected chi connectivity index (χ1v) is 7.70. The molecule has 0 fully saturated rings. The lowest BCUT2D eigenvalue weighted by molar-refractivity contribution is 0.102. The number of benzene rings is 1. The molecule has 0 saturated heterocycles. The third-order valence-electron chi connectivity index (χ3n) is 2.93. The second-order valence-corrected chi connectivity index (χ2v) is 5.84. The van der Waals surface area contributed by atoms with Crippen molar-refractivity contribution in [2.24, 2.45) is 0 Å². The molecule has 2 aromatic rings. The van der Waals surface area contributed by atoms with E-state index in [0.29, 0.717) is 28.2 Å². The van der Waals surface area contributed by atoms with Gasteiger partial charge in [-0.25, -0.2) is 9.97 Å². The summed E-state index contributed by atoms with van der Waals surface area (Å²) in [6.45, 7) is 1.51. The Morgan fingerprint density at radius 1 is 1.26 bits per heavy atom. The van der Waals surface area contributed by atoms with E-state index in [1.807, 2.05) is 19.0 Å². The van der Waals surface area contributed by atoms with Crippen LogP contribution in [0.1, 0.15) is 10.5 Å². The minimum Gasteiger partial charge on any atom is -0.353 e. The highest BCUT2D eigenvalue weighted by molar-refractivity contribution is 6.44. The third kappa shape index (κ3) is 5.06. The van der Waals surface area contributed by atoms with Gasteiger partial charge in [-0.1, -0.05) is 29.3 Å². The summed E-state index contributed by atoms with van der Waals surface area (Å²) in [5.41, 5.74) is 0.674. The Balaban J connectivity index is 2.06. The maximum absolute atomic E-state index is 12.3. The van der Waals surface area contributed by atoms with Crippen molar-refractivity contribution in [3.63, 3.8) is 0 Å². The quantitative estimate of drug-likeness (QED) is 0.835. The molecule has 0 atom stereocenters. The van der Waals surface area contributed by atoms with Crippen LogP contribution in [0.25, 0.3) is 0 Å². The van der Waals surface area contributed by atoms with Crippen LogP contribution in [0.5, 0.6) is 0 Å². The number of hydrogen-bond acceptors (Lipinski definition) is 5. The molecular formula is C15H17Cl2N5O. The van der Waals surface area contributed by atoms with E-state index in [4.69, 9.17) is 23.2 Å². The first-order chi connectivity index (χ1) is 11.0. The fourth-order valence-corrected chi connectivity index (χ4v) is 2.10. The molecule has 23 heavy (non-hydrogen) atoms. The van der Waals surface area contributed by atoms with Gasteiger partial charge in [0.15, 0.2) is 0 Å². The molecule has 0 aliphatic rings. The number of carbonyl (C=O) groups is 1. The molecule has 122 valence electrons. The maximum atomic E-state index is 12.3. The summed E-state index contributed by atoms with van der Waals surface area (Å²) in [5.74, 6) is 0.0175. The Kier molecular flexibility index (Phi) is 6.15. The van der Waals surface area contributed by atoms with Gasteiger partial charge in [-0.3, -0.25) is 4.79 Å². The Labute approximate surface area is 144 Å². The highest BCUT2D eigenvalue weighted by Crippen LogP contribution is 2.29. The molecule has 0 bridgehead atoms. The summed E-state index contributed by atoms with van der Waals surface area (Å²) in [6, 6.07) is 6.56. The lowest BCUT2D eigenvalue weighted by Crippen LogP contribution is -2.22. The van der Waals surface area contributed by atoms with Crippen molar-refractivity contribution in [3.8, 4) is 0 Å². The fraction of sp³-hybridized carbons (Fsp3) is 0.267. The summed E-state index contributed by atoms with van der Waals surface area (Å²) in [6.07, 6.45) is 1.53. The SMILES string of the molecule is CN(C)CCNc1nccc(C(=O)Nc2cccc(Cl)c2Cl)n1. The largest absolute Gasteiger partial charge is 0.353 e. The molecule has 0 unspecified atom stereocenters. The van der Waals surface area contributed by atoms with Crippen LogP contribution in [0.3, 0.4) is 0 Å². The summed E-state index contributed by atoms with van der Waals surface area (Å²) in [5, 5.41) is 6.42. The second-order valence-electron chi connectivity index (χ2n) is 5.05. The van der Waals surface area contributed by atoms with Gasteiger partial charge >= 0.3 is 0 Å². The number of nitrogens with one attached hydrogen (secondary N) is 2. The van der Waals surface area contributed by atoms with Crippen LogP contribution in [0.4, 0.5) is 11.6 Å². The molecule has 1 aromatic heterocycles. The predicted octanol–water partition coefficient (Wildman–Crippen LogP) is 3.01. The Hall–Kier alpha value is -1.89. The fourth-order valence-electron chi connectivity index (χ4n) is 1.75. The number of aromatic nitrogens is 2. The van der Waals surface area contributed by atoms with Gasteiger partial charge < -0.3 is 15.5 Å². The second kappa shape index (κ2) is 8.10. The summed E-state index contributed by atoms with van der Waals surface area (Å²) >= 11 is 12.0. The number of hydrogen-bond donors (Lipinski definition) is 2. The van der Waals surface area contributed by atoms with Crippen LogP contribution in [0.2, 0.25) is 10.0 Å². The summed E-state index contributed by atoms with van der Waals surface area (Å²) in [4.78, 5) is 22.6. The molecule has 2 N–H and O–H groups in total. The highest BCUT2D eigenvalue weighted by atomic mass is 35.5. The lowest BCUT2D eigenvalue weighted by Gasteiger charge is -2.11. The van der Waals surface area contributed by atoms with Crippen LogP contribution in [0, 0.1) is 0 Å². The van der Waals surface area contributed by atoms with Gasteiger partial charge in [0.05, 0.1) is 15.7 Å². The van der Waals surface area contributed by atoms with Crippen LogP contribution < -0.4 is 10.6 Å². The minimum absolute atomic E-state index is 0.239. The molecule has 6 nitrogen and oxygen atoms in total. The smallest absolute Gasteiger partial charge is 0.274 e. The number of carbonyl (C=O) groups excluding carboxylic acids is 1. The van der Waals surface area contributed by atoms with E-state index in [0.717, 1.165) is 6.54 Å². The van der Waals surface area contributed by atoms with Crippen molar-refractivity contribution in [3.05, 3.63) is 46.2 Å². The normalized spacial score (nSPS) is 10.7. The van der Waals surface area contributed by atoms with E-state index < -0.39 is 0 Å². The number of likely N-dealkylation sites (N-methyl/N-ethyl adjacent to an activating group) is 1. The van der Waals surface area contributed by atoms with E-state index in [2.05, 4.69) is 20.6 Å². The standard InChI is InChI=1S/C15H17Cl2N5O/c1-22(2)9-8-19-15-18-7-6-12(21-15)14(23)20-11-5-3-4-10(16)13(11)17/h3-7H,8-9H2,1-2H3,(H,20,23)(H,18,19,21). The number of rotatable bonds is 6. The molecule has 1 aromatic carbocycles. The van der Waals surface area contributed by atoms with Gasteiger partial charge in [0.1, 0.15) is 5.69 Å². The maximum Gasteiger partial charge on any atom is 0.274 e. The van der Waals surface area contributed by atoms with Gasteiger partial charge in [-0.2, -0.15) is 0 Å². The van der Waals surface area contributed by atoms with Gasteiger partial charge in [0.2, 0.25) is 5.95 Å². The molecule has 0 aliphatic heterocycles. The molecule has 8 heteroatoms. The molecule has 1 heterocycles. The van der Waals surface area contributed by atoms with Crippen molar-refractivity contribution >= 4 is 40.7 Å². The molecule has 0 radical (unpaired) electrons. The predicted molar refractivity (Wildman–Crippen MR) is 93.5 cm³/mol. The van der Waals surface area contributed by atoms with E-state index in [1.165, 1.54) is 12.3 Å². The monoisotopic (exact) mass is 353 g/mol. The molecule has 1 amide bonds. The van der Waals surface area contributed by atoms with Crippen molar-refractivity contribution in [1.29, 1.82) is 0 Å². The van der Waals surface area contributed by atoms with Crippen molar-refractivity contribution in [2.75, 3.05) is 37.8 Å². The molecule has 2 rings (SSSR count). The zero-order valence-corrected chi connectivity index (χ0v) is 14.3. The molecule has 0 saturated carbocycles. The average molecular weight is 354 g/mol. The minimum atomic E-state index is -0.382. The van der Waals surface area contributed by atoms with E-state index in [9.17, 15) is 4.79 Å². The molecule has 0 spiro atoms. The Morgan fingerprint density at radius 2 is 2.04 bits per heavy atom. The topological polar surface area (TPSA) is 70.2 Å². The number of halogens is 2. The Morgan fingerprint density at radius 3 is 2.78 bits per heavy atom. The zero-order chi connectivity index (χ0) is 16.8. The number of nitrogens with zero attached hydrogens (tertiary/aromatic N) is 3. The summed E-state index contributed by atoms with van der Waals surface area (Å²) in [7, 11) is 3.95. The van der Waals surface area contributed by atoms with Gasteiger partial charge in [-0.15, -0.1) is 0 Å². The van der Waals surface area contributed by atoms with Crippen molar-refractivity contribution < 1.29 is 4.79 Å². The third-order valence-corrected chi connectivity index (χ3v) is 3.75. The van der Waals surface area contributed by atoms with Crippen LogP contribution >= 0.6 is 23.2 Å². The number of anilines is 2. The van der Waals surface area contributed by atoms with Crippen molar-refractivity contribution in [1.82, 2.24) is 14.9 Å². The Bertz CT molecular complexity index is 693. The van der Waals surface area contributed by atoms with E-state index >= 15 is 0 Å². The van der Waals surface area contributed by atoms with E-state index in [-0.39, 0.29) is 11.6 Å². The van der Waals surface area contributed by atoms with Gasteiger partial charge in [0, 0.05) is 19.3 Å². The first-order valence-electron chi connectivity index (χ1n) is 6.94. The van der Waals surface area contributed by atoms with E-state index in [1.54, 1.807) is 18.2 Å². The average Bonchev–Trinajstić information content (AvgIpc) is 2.52. The van der Waals surface area contributed by atoms with Crippen LogP contribution in [-0.4, -0.2) is 48.0 Å². The summed E-state index contributed by atoms with van der Waals surface area (Å²) < 4.78 is 0. The lowest BCUT2D eigenvalue weighted by atomic mass is 10.3. The number of amides is 1. The molecular weight excluding hydrogens is 337 g/mol. The van der Waals surface area contributed by atoms with Gasteiger partial charge in [0.25, 0.3) is 5.91 Å². The van der Waals surface area contributed by atoms with Crippen LogP contribution in [0.15, 0.2) is 30.5 Å². The van der Waals surface area contributed by atoms with Crippen molar-refractivity contribution in [2.45, 2.75) is 0 Å².